The molecule has 0 amide bonds. The number of nitrogens with one attached hydrogen (secondary N) is 1. The zero-order chi connectivity index (χ0) is 9.68. The SMILES string of the molecule is CCCC(C)Nc1cc(C)ccn1. The van der Waals surface area contributed by atoms with Crippen LogP contribution in [0.2, 0.25) is 0 Å². The van der Waals surface area contributed by atoms with Crippen molar-refractivity contribution >= 4 is 5.82 Å². The summed E-state index contributed by atoms with van der Waals surface area (Å²) in [5, 5.41) is 3.37. The lowest BCUT2D eigenvalue weighted by molar-refractivity contribution is 0.687. The first-order valence-corrected chi connectivity index (χ1v) is 4.91. The molecule has 2 heteroatoms. The van der Waals surface area contributed by atoms with Gasteiger partial charge in [-0.1, -0.05) is 13.3 Å². The topological polar surface area (TPSA) is 24.9 Å². The maximum atomic E-state index is 4.25. The van der Waals surface area contributed by atoms with E-state index in [9.17, 15) is 0 Å². The summed E-state index contributed by atoms with van der Waals surface area (Å²) >= 11 is 0. The number of aryl methyl sites for hydroxylation is 1. The minimum absolute atomic E-state index is 0.513. The molecule has 1 atom stereocenters. The lowest BCUT2D eigenvalue weighted by Crippen LogP contribution is -2.15. The maximum absolute atomic E-state index is 4.25. The van der Waals surface area contributed by atoms with Gasteiger partial charge in [0.1, 0.15) is 5.82 Å². The largest absolute Gasteiger partial charge is 0.368 e. The zero-order valence-electron chi connectivity index (χ0n) is 8.67. The van der Waals surface area contributed by atoms with Gasteiger partial charge >= 0.3 is 0 Å². The van der Waals surface area contributed by atoms with Gasteiger partial charge in [-0.3, -0.25) is 0 Å². The molecule has 1 rings (SSSR count). The molecule has 1 N–H and O–H groups in total. The van der Waals surface area contributed by atoms with E-state index in [-0.39, 0.29) is 0 Å². The van der Waals surface area contributed by atoms with E-state index >= 15 is 0 Å². The Bertz CT molecular complexity index is 258. The molecule has 1 heterocycles. The van der Waals surface area contributed by atoms with Gasteiger partial charge < -0.3 is 5.32 Å². The second-order valence-corrected chi connectivity index (χ2v) is 3.55. The number of hydrogen-bond donors (Lipinski definition) is 1. The van der Waals surface area contributed by atoms with E-state index in [4.69, 9.17) is 0 Å². The molecule has 13 heavy (non-hydrogen) atoms. The molecule has 1 aromatic rings. The van der Waals surface area contributed by atoms with E-state index in [0.29, 0.717) is 6.04 Å². The molecule has 0 saturated carbocycles. The molecular formula is C11H18N2. The average Bonchev–Trinajstić information content (AvgIpc) is 2.04. The normalized spacial score (nSPS) is 12.5. The van der Waals surface area contributed by atoms with Crippen LogP contribution in [0.3, 0.4) is 0 Å². The van der Waals surface area contributed by atoms with Crippen molar-refractivity contribution in [3.8, 4) is 0 Å². The molecule has 0 bridgehead atoms. The highest BCUT2D eigenvalue weighted by atomic mass is 15.0. The molecule has 72 valence electrons. The monoisotopic (exact) mass is 178 g/mol. The van der Waals surface area contributed by atoms with Gasteiger partial charge in [-0.05, 0) is 38.0 Å². The molecule has 2 nitrogen and oxygen atoms in total. The lowest BCUT2D eigenvalue weighted by Gasteiger charge is -2.13. The van der Waals surface area contributed by atoms with E-state index in [1.54, 1.807) is 0 Å². The number of anilines is 1. The van der Waals surface area contributed by atoms with Crippen LogP contribution in [0.15, 0.2) is 18.3 Å². The second kappa shape index (κ2) is 4.85. The average molecular weight is 178 g/mol. The number of rotatable bonds is 4. The quantitative estimate of drug-likeness (QED) is 0.766. The van der Waals surface area contributed by atoms with Crippen LogP contribution >= 0.6 is 0 Å². The van der Waals surface area contributed by atoms with E-state index < -0.39 is 0 Å². The zero-order valence-corrected chi connectivity index (χ0v) is 8.67. The molecule has 0 aliphatic heterocycles. The molecule has 0 radical (unpaired) electrons. The van der Waals surface area contributed by atoms with Crippen molar-refractivity contribution in [1.82, 2.24) is 4.98 Å². The first-order chi connectivity index (χ1) is 6.22. The summed E-state index contributed by atoms with van der Waals surface area (Å²) < 4.78 is 0. The Kier molecular flexibility index (Phi) is 3.74. The Balaban J connectivity index is 2.53. The summed E-state index contributed by atoms with van der Waals surface area (Å²) in [6, 6.07) is 4.60. The summed E-state index contributed by atoms with van der Waals surface area (Å²) in [5.41, 5.74) is 1.25. The van der Waals surface area contributed by atoms with Crippen LogP contribution in [0.25, 0.3) is 0 Å². The van der Waals surface area contributed by atoms with Crippen LogP contribution in [0.5, 0.6) is 0 Å². The summed E-state index contributed by atoms with van der Waals surface area (Å²) in [6.07, 6.45) is 4.24. The third-order valence-electron chi connectivity index (χ3n) is 2.03. The van der Waals surface area contributed by atoms with Gasteiger partial charge in [-0.2, -0.15) is 0 Å². The van der Waals surface area contributed by atoms with Crippen molar-refractivity contribution in [2.24, 2.45) is 0 Å². The van der Waals surface area contributed by atoms with Crippen LogP contribution in [-0.2, 0) is 0 Å². The van der Waals surface area contributed by atoms with Gasteiger partial charge in [-0.25, -0.2) is 4.98 Å². The van der Waals surface area contributed by atoms with Crippen LogP contribution in [0, 0.1) is 6.92 Å². The highest BCUT2D eigenvalue weighted by molar-refractivity contribution is 5.37. The Hall–Kier alpha value is -1.05. The molecule has 0 aliphatic rings. The van der Waals surface area contributed by atoms with Crippen molar-refractivity contribution in [2.45, 2.75) is 39.7 Å². The number of pyridine rings is 1. The summed E-state index contributed by atoms with van der Waals surface area (Å²) in [6.45, 7) is 6.46. The molecule has 0 aromatic carbocycles. The Morgan fingerprint density at radius 3 is 2.92 bits per heavy atom. The molecule has 0 fully saturated rings. The smallest absolute Gasteiger partial charge is 0.126 e. The highest BCUT2D eigenvalue weighted by Crippen LogP contribution is 2.08. The highest BCUT2D eigenvalue weighted by Gasteiger charge is 2.00. The van der Waals surface area contributed by atoms with Crippen molar-refractivity contribution in [3.63, 3.8) is 0 Å². The molecular weight excluding hydrogens is 160 g/mol. The van der Waals surface area contributed by atoms with Crippen LogP contribution in [-0.4, -0.2) is 11.0 Å². The Morgan fingerprint density at radius 2 is 2.31 bits per heavy atom. The second-order valence-electron chi connectivity index (χ2n) is 3.55. The first kappa shape index (κ1) is 10.0. The molecule has 0 spiro atoms. The predicted octanol–water partition coefficient (Wildman–Crippen LogP) is 2.99. The Labute approximate surface area is 80.4 Å². The van der Waals surface area contributed by atoms with E-state index in [1.807, 2.05) is 12.3 Å². The summed E-state index contributed by atoms with van der Waals surface area (Å²) in [5.74, 6) is 0.987. The summed E-state index contributed by atoms with van der Waals surface area (Å²) in [7, 11) is 0. The van der Waals surface area contributed by atoms with Crippen molar-refractivity contribution in [1.29, 1.82) is 0 Å². The van der Waals surface area contributed by atoms with E-state index in [1.165, 1.54) is 18.4 Å². The van der Waals surface area contributed by atoms with Gasteiger partial charge in [0.2, 0.25) is 0 Å². The molecule has 1 aromatic heterocycles. The van der Waals surface area contributed by atoms with Crippen molar-refractivity contribution in [3.05, 3.63) is 23.9 Å². The molecule has 1 unspecified atom stereocenters. The molecule has 0 saturated heterocycles. The minimum atomic E-state index is 0.513. The fraction of sp³-hybridized carbons (Fsp3) is 0.545. The van der Waals surface area contributed by atoms with Gasteiger partial charge in [-0.15, -0.1) is 0 Å². The number of hydrogen-bond acceptors (Lipinski definition) is 2. The minimum Gasteiger partial charge on any atom is -0.368 e. The van der Waals surface area contributed by atoms with Gasteiger partial charge in [0.05, 0.1) is 0 Å². The van der Waals surface area contributed by atoms with Crippen LogP contribution in [0.1, 0.15) is 32.3 Å². The van der Waals surface area contributed by atoms with Gasteiger partial charge in [0.15, 0.2) is 0 Å². The van der Waals surface area contributed by atoms with Crippen molar-refractivity contribution < 1.29 is 0 Å². The fourth-order valence-electron chi connectivity index (χ4n) is 1.37. The number of nitrogens with zero attached hydrogens (tertiary/aromatic N) is 1. The molecule has 0 aliphatic carbocycles. The third-order valence-corrected chi connectivity index (χ3v) is 2.03. The predicted molar refractivity (Wildman–Crippen MR) is 57.0 cm³/mol. The van der Waals surface area contributed by atoms with Gasteiger partial charge in [0, 0.05) is 12.2 Å². The van der Waals surface area contributed by atoms with E-state index in [0.717, 1.165) is 5.82 Å². The van der Waals surface area contributed by atoms with Gasteiger partial charge in [0.25, 0.3) is 0 Å². The summed E-state index contributed by atoms with van der Waals surface area (Å²) in [4.78, 5) is 4.25. The maximum Gasteiger partial charge on any atom is 0.126 e. The Morgan fingerprint density at radius 1 is 1.54 bits per heavy atom. The standard InChI is InChI=1S/C11H18N2/c1-4-5-10(3)13-11-8-9(2)6-7-12-11/h6-8,10H,4-5H2,1-3H3,(H,12,13). The fourth-order valence-corrected chi connectivity index (χ4v) is 1.37. The third kappa shape index (κ3) is 3.45. The van der Waals surface area contributed by atoms with Crippen LogP contribution < -0.4 is 5.32 Å². The number of aromatic nitrogens is 1. The van der Waals surface area contributed by atoms with Crippen molar-refractivity contribution in [2.75, 3.05) is 5.32 Å². The first-order valence-electron chi connectivity index (χ1n) is 4.91. The van der Waals surface area contributed by atoms with Crippen LogP contribution in [0.4, 0.5) is 5.82 Å². The van der Waals surface area contributed by atoms with E-state index in [2.05, 4.69) is 37.1 Å². The lowest BCUT2D eigenvalue weighted by atomic mass is 10.2.